The number of rotatable bonds is 4. The van der Waals surface area contributed by atoms with Crippen LogP contribution in [0.25, 0.3) is 0 Å². The normalized spacial score (nSPS) is 14.3. The number of carboxylic acid groups (broad SMARTS) is 1. The molecule has 0 radical (unpaired) electrons. The monoisotopic (exact) mass is 222 g/mol. The fraction of sp³-hybridized carbons (Fsp3) is 0.800. The number of alkyl halides is 4. The van der Waals surface area contributed by atoms with Crippen molar-refractivity contribution in [2.45, 2.75) is 11.4 Å². The van der Waals surface area contributed by atoms with Gasteiger partial charge in [0.1, 0.15) is 5.25 Å². The van der Waals surface area contributed by atoms with Gasteiger partial charge in [-0.15, -0.1) is 23.4 Å². The molecule has 0 bridgehead atoms. The quantitative estimate of drug-likeness (QED) is 0.739. The second-order valence-electron chi connectivity index (χ2n) is 1.89. The SMILES string of the molecule is O=C(O)CSC(CCl)C(F)(F)F. The molecular formula is C5H6ClF3O2S. The summed E-state index contributed by atoms with van der Waals surface area (Å²) in [6.07, 6.45) is -4.43. The second-order valence-corrected chi connectivity index (χ2v) is 3.39. The molecule has 0 aromatic heterocycles. The Morgan fingerprint density at radius 3 is 2.33 bits per heavy atom. The van der Waals surface area contributed by atoms with Crippen molar-refractivity contribution in [3.8, 4) is 0 Å². The Kier molecular flexibility index (Phi) is 4.77. The summed E-state index contributed by atoms with van der Waals surface area (Å²) in [6.45, 7) is 0. The molecule has 1 atom stereocenters. The van der Waals surface area contributed by atoms with Crippen molar-refractivity contribution in [1.29, 1.82) is 0 Å². The van der Waals surface area contributed by atoms with Gasteiger partial charge in [-0.25, -0.2) is 0 Å². The molecule has 72 valence electrons. The van der Waals surface area contributed by atoms with E-state index in [9.17, 15) is 18.0 Å². The van der Waals surface area contributed by atoms with E-state index in [0.29, 0.717) is 0 Å². The van der Waals surface area contributed by atoms with Gasteiger partial charge >= 0.3 is 12.1 Å². The van der Waals surface area contributed by atoms with Crippen LogP contribution < -0.4 is 0 Å². The summed E-state index contributed by atoms with van der Waals surface area (Å²) in [5, 5.41) is 6.30. The lowest BCUT2D eigenvalue weighted by molar-refractivity contribution is -0.134. The zero-order chi connectivity index (χ0) is 9.78. The third-order valence-corrected chi connectivity index (χ3v) is 2.65. The van der Waals surface area contributed by atoms with Crippen molar-refractivity contribution in [3.63, 3.8) is 0 Å². The van der Waals surface area contributed by atoms with Gasteiger partial charge in [-0.05, 0) is 0 Å². The molecular weight excluding hydrogens is 217 g/mol. The van der Waals surface area contributed by atoms with Crippen LogP contribution in [-0.2, 0) is 4.79 Å². The van der Waals surface area contributed by atoms with Gasteiger partial charge < -0.3 is 5.11 Å². The summed E-state index contributed by atoms with van der Waals surface area (Å²) in [4.78, 5) is 9.92. The predicted molar refractivity (Wildman–Crippen MR) is 40.7 cm³/mol. The highest BCUT2D eigenvalue weighted by atomic mass is 35.5. The molecule has 12 heavy (non-hydrogen) atoms. The lowest BCUT2D eigenvalue weighted by Gasteiger charge is -2.15. The molecule has 0 aliphatic heterocycles. The Bertz CT molecular complexity index is 161. The van der Waals surface area contributed by atoms with Crippen LogP contribution in [0.15, 0.2) is 0 Å². The molecule has 7 heteroatoms. The van der Waals surface area contributed by atoms with Crippen molar-refractivity contribution in [3.05, 3.63) is 0 Å². The summed E-state index contributed by atoms with van der Waals surface area (Å²) in [6, 6.07) is 0. The Morgan fingerprint density at radius 2 is 2.08 bits per heavy atom. The molecule has 0 heterocycles. The predicted octanol–water partition coefficient (Wildman–Crippen LogP) is 1.97. The van der Waals surface area contributed by atoms with E-state index in [1.807, 2.05) is 0 Å². The van der Waals surface area contributed by atoms with Crippen LogP contribution in [0.3, 0.4) is 0 Å². The van der Waals surface area contributed by atoms with E-state index in [0.717, 1.165) is 0 Å². The second kappa shape index (κ2) is 4.81. The van der Waals surface area contributed by atoms with Gasteiger partial charge in [-0.2, -0.15) is 13.2 Å². The summed E-state index contributed by atoms with van der Waals surface area (Å²) >= 11 is 5.28. The van der Waals surface area contributed by atoms with Gasteiger partial charge in [0.15, 0.2) is 0 Å². The fourth-order valence-corrected chi connectivity index (χ4v) is 1.46. The van der Waals surface area contributed by atoms with E-state index in [-0.39, 0.29) is 11.8 Å². The van der Waals surface area contributed by atoms with Crippen LogP contribution in [0.2, 0.25) is 0 Å². The standard InChI is InChI=1S/C5H6ClF3O2S/c6-1-3(5(7,8)9)12-2-4(10)11/h3H,1-2H2,(H,10,11). The zero-order valence-electron chi connectivity index (χ0n) is 5.77. The molecule has 0 aromatic carbocycles. The summed E-state index contributed by atoms with van der Waals surface area (Å²) < 4.78 is 35.6. The van der Waals surface area contributed by atoms with Gasteiger partial charge in [0.25, 0.3) is 0 Å². The van der Waals surface area contributed by atoms with Gasteiger partial charge in [0, 0.05) is 5.88 Å². The molecule has 0 fully saturated rings. The first kappa shape index (κ1) is 11.9. The number of carbonyl (C=O) groups is 1. The molecule has 1 unspecified atom stereocenters. The Labute approximate surface area is 76.1 Å². The number of hydrogen-bond acceptors (Lipinski definition) is 2. The van der Waals surface area contributed by atoms with Crippen molar-refractivity contribution < 1.29 is 23.1 Å². The van der Waals surface area contributed by atoms with Crippen LogP contribution in [0.1, 0.15) is 0 Å². The Hall–Kier alpha value is -0.100. The fourth-order valence-electron chi connectivity index (χ4n) is 0.398. The minimum absolute atomic E-state index is 0.280. The number of hydrogen-bond donors (Lipinski definition) is 1. The van der Waals surface area contributed by atoms with E-state index >= 15 is 0 Å². The minimum Gasteiger partial charge on any atom is -0.481 e. The van der Waals surface area contributed by atoms with Crippen molar-refractivity contribution in [2.75, 3.05) is 11.6 Å². The highest BCUT2D eigenvalue weighted by Gasteiger charge is 2.39. The lowest BCUT2D eigenvalue weighted by Crippen LogP contribution is -2.28. The first-order valence-electron chi connectivity index (χ1n) is 2.84. The first-order valence-corrected chi connectivity index (χ1v) is 4.42. The van der Waals surface area contributed by atoms with E-state index in [2.05, 4.69) is 0 Å². The number of thioether (sulfide) groups is 1. The number of halogens is 4. The summed E-state index contributed by atoms with van der Waals surface area (Å²) in [7, 11) is 0. The molecule has 0 spiro atoms. The number of carboxylic acids is 1. The summed E-state index contributed by atoms with van der Waals surface area (Å²) in [5.41, 5.74) is 0. The molecule has 0 rings (SSSR count). The summed E-state index contributed by atoms with van der Waals surface area (Å²) in [5.74, 6) is -2.49. The highest BCUT2D eigenvalue weighted by Crippen LogP contribution is 2.30. The topological polar surface area (TPSA) is 37.3 Å². The van der Waals surface area contributed by atoms with Gasteiger partial charge in [-0.3, -0.25) is 4.79 Å². The third-order valence-electron chi connectivity index (χ3n) is 0.913. The average molecular weight is 223 g/mol. The zero-order valence-corrected chi connectivity index (χ0v) is 7.34. The molecule has 0 saturated heterocycles. The minimum atomic E-state index is -4.43. The van der Waals surface area contributed by atoms with Crippen LogP contribution in [0.4, 0.5) is 13.2 Å². The maximum Gasteiger partial charge on any atom is 0.401 e. The van der Waals surface area contributed by atoms with Crippen molar-refractivity contribution >= 4 is 29.3 Å². The molecule has 0 amide bonds. The Balaban J connectivity index is 3.92. The molecule has 0 aromatic rings. The molecule has 0 aliphatic carbocycles. The molecule has 2 nitrogen and oxygen atoms in total. The lowest BCUT2D eigenvalue weighted by atomic mass is 10.5. The van der Waals surface area contributed by atoms with Crippen LogP contribution in [0.5, 0.6) is 0 Å². The maximum absolute atomic E-state index is 11.9. The van der Waals surface area contributed by atoms with Gasteiger partial charge in [0.2, 0.25) is 0 Å². The Morgan fingerprint density at radius 1 is 1.58 bits per heavy atom. The van der Waals surface area contributed by atoms with E-state index in [4.69, 9.17) is 16.7 Å². The smallest absolute Gasteiger partial charge is 0.401 e. The van der Waals surface area contributed by atoms with Gasteiger partial charge in [0.05, 0.1) is 5.75 Å². The third kappa shape index (κ3) is 4.71. The average Bonchev–Trinajstić information content (AvgIpc) is 1.85. The van der Waals surface area contributed by atoms with Crippen molar-refractivity contribution in [1.82, 2.24) is 0 Å². The van der Waals surface area contributed by atoms with Crippen molar-refractivity contribution in [2.24, 2.45) is 0 Å². The molecule has 0 saturated carbocycles. The number of aliphatic carboxylic acids is 1. The van der Waals surface area contributed by atoms with Crippen LogP contribution >= 0.6 is 23.4 Å². The maximum atomic E-state index is 11.9. The van der Waals surface area contributed by atoms with E-state index in [1.165, 1.54) is 0 Å². The van der Waals surface area contributed by atoms with Gasteiger partial charge in [-0.1, -0.05) is 0 Å². The highest BCUT2D eigenvalue weighted by molar-refractivity contribution is 8.00. The van der Waals surface area contributed by atoms with E-state index in [1.54, 1.807) is 0 Å². The first-order chi connectivity index (χ1) is 5.38. The van der Waals surface area contributed by atoms with E-state index < -0.39 is 29.0 Å². The van der Waals surface area contributed by atoms with Crippen LogP contribution in [0, 0.1) is 0 Å². The molecule has 0 aliphatic rings. The van der Waals surface area contributed by atoms with Crippen LogP contribution in [-0.4, -0.2) is 34.1 Å². The molecule has 1 N–H and O–H groups in total. The largest absolute Gasteiger partial charge is 0.481 e.